The predicted octanol–water partition coefficient (Wildman–Crippen LogP) is 15.0. The molecule has 2 atom stereocenters. The van der Waals surface area contributed by atoms with Gasteiger partial charge in [-0.25, -0.2) is 0 Å². The Balaban J connectivity index is 2.29. The van der Waals surface area contributed by atoms with Crippen molar-refractivity contribution in [2.75, 3.05) is 19.8 Å². The number of esters is 2. The summed E-state index contributed by atoms with van der Waals surface area (Å²) in [6.07, 6.45) is 43.0. The van der Waals surface area contributed by atoms with Crippen LogP contribution in [0.3, 0.4) is 0 Å². The van der Waals surface area contributed by atoms with Crippen LogP contribution in [0.2, 0.25) is 0 Å². The van der Waals surface area contributed by atoms with Gasteiger partial charge in [-0.2, -0.15) is 0 Å². The summed E-state index contributed by atoms with van der Waals surface area (Å²) < 4.78 is 17.1. The minimum atomic E-state index is -0.00717. The van der Waals surface area contributed by atoms with Crippen molar-refractivity contribution in [3.05, 3.63) is 0 Å². The smallest absolute Gasteiger partial charge is 0.306 e. The average Bonchev–Trinajstić information content (AvgIpc) is 3.17. The van der Waals surface area contributed by atoms with E-state index in [1.165, 1.54) is 173 Å². The first-order valence-electron chi connectivity index (χ1n) is 23.9. The average molecular weight is 876 g/mol. The second-order valence-corrected chi connectivity index (χ2v) is 17.4. The van der Waals surface area contributed by atoms with E-state index in [1.807, 2.05) is 23.0 Å². The Morgan fingerprint density at radius 2 is 0.963 bits per heavy atom. The SMILES string of the molecule is CCCCCCCCCOC(=O)CCCCCCC1CCCC(CCCCCCC(=O)OC(CCCCCCCC)CCCCCCCC)N1CCOI. The van der Waals surface area contributed by atoms with Crippen LogP contribution in [0.1, 0.15) is 252 Å². The third-order valence-corrected chi connectivity index (χ3v) is 12.3. The lowest BCUT2D eigenvalue weighted by Gasteiger charge is -2.42. The molecule has 7 heteroatoms. The first kappa shape index (κ1) is 51.6. The summed E-state index contributed by atoms with van der Waals surface area (Å²) in [7, 11) is 0. The molecule has 1 heterocycles. The number of nitrogens with zero attached hydrogens (tertiary/aromatic N) is 1. The van der Waals surface area contributed by atoms with E-state index in [0.29, 0.717) is 31.5 Å². The number of carbonyl (C=O) groups excluding carboxylic acids is 2. The van der Waals surface area contributed by atoms with E-state index in [4.69, 9.17) is 12.5 Å². The van der Waals surface area contributed by atoms with Gasteiger partial charge < -0.3 is 12.5 Å². The third kappa shape index (κ3) is 30.7. The Morgan fingerprint density at radius 3 is 1.46 bits per heavy atom. The fourth-order valence-corrected chi connectivity index (χ4v) is 8.68. The summed E-state index contributed by atoms with van der Waals surface area (Å²) in [5.41, 5.74) is 0. The van der Waals surface area contributed by atoms with Crippen LogP contribution in [0, 0.1) is 0 Å². The fourth-order valence-electron chi connectivity index (χ4n) is 8.48. The van der Waals surface area contributed by atoms with Gasteiger partial charge in [-0.15, -0.1) is 0 Å². The van der Waals surface area contributed by atoms with Gasteiger partial charge in [-0.05, 0) is 70.6 Å². The van der Waals surface area contributed by atoms with Crippen LogP contribution < -0.4 is 0 Å². The zero-order valence-electron chi connectivity index (χ0n) is 36.2. The highest BCUT2D eigenvalue weighted by atomic mass is 127. The molecule has 0 aliphatic carbocycles. The van der Waals surface area contributed by atoms with Crippen molar-refractivity contribution < 1.29 is 22.1 Å². The quantitative estimate of drug-likeness (QED) is 0.0347. The Bertz CT molecular complexity index is 812. The van der Waals surface area contributed by atoms with E-state index in [1.54, 1.807) is 0 Å². The zero-order chi connectivity index (χ0) is 39.2. The Kier molecular flexibility index (Phi) is 37.7. The van der Waals surface area contributed by atoms with E-state index in [9.17, 15) is 9.59 Å². The van der Waals surface area contributed by atoms with Gasteiger partial charge >= 0.3 is 11.9 Å². The first-order chi connectivity index (χ1) is 26.5. The molecular formula is C47H90INO5. The Morgan fingerprint density at radius 1 is 0.537 bits per heavy atom. The predicted molar refractivity (Wildman–Crippen MR) is 238 cm³/mol. The molecule has 0 spiro atoms. The number of likely N-dealkylation sites (tertiary alicyclic amines) is 1. The van der Waals surface area contributed by atoms with Crippen molar-refractivity contribution in [3.8, 4) is 0 Å². The Hall–Kier alpha value is -0.410. The number of piperidine rings is 1. The first-order valence-corrected chi connectivity index (χ1v) is 24.8. The van der Waals surface area contributed by atoms with E-state index in [-0.39, 0.29) is 18.0 Å². The van der Waals surface area contributed by atoms with Gasteiger partial charge in [0, 0.05) is 31.5 Å². The lowest BCUT2D eigenvalue weighted by molar-refractivity contribution is -0.150. The lowest BCUT2D eigenvalue weighted by Crippen LogP contribution is -2.48. The maximum absolute atomic E-state index is 12.9. The molecule has 1 fully saturated rings. The highest BCUT2D eigenvalue weighted by Gasteiger charge is 2.29. The van der Waals surface area contributed by atoms with E-state index in [0.717, 1.165) is 58.1 Å². The molecule has 6 nitrogen and oxygen atoms in total. The molecule has 1 aliphatic rings. The molecule has 0 N–H and O–H groups in total. The standard InChI is InChI=1S/C47H90INO5/c1-4-7-10-13-16-23-30-41-52-46(50)38-28-21-19-24-32-43-34-31-35-44(49(43)40-42-53-48)33-25-20-22-29-39-47(51)54-45(36-26-17-14-11-8-5-2)37-27-18-15-12-9-6-3/h43-45H,4-42H2,1-3H3. The number of halogens is 1. The molecule has 0 bridgehead atoms. The molecule has 0 amide bonds. The van der Waals surface area contributed by atoms with Gasteiger partial charge in [0.15, 0.2) is 0 Å². The topological polar surface area (TPSA) is 65.1 Å². The summed E-state index contributed by atoms with van der Waals surface area (Å²) >= 11 is 2.04. The monoisotopic (exact) mass is 876 g/mol. The molecule has 0 radical (unpaired) electrons. The molecule has 54 heavy (non-hydrogen) atoms. The number of rotatable bonds is 40. The summed E-state index contributed by atoms with van der Waals surface area (Å²) in [6.45, 7) is 9.20. The van der Waals surface area contributed by atoms with Crippen LogP contribution in [0.25, 0.3) is 0 Å². The summed E-state index contributed by atoms with van der Waals surface area (Å²) in [4.78, 5) is 27.8. The maximum atomic E-state index is 12.9. The molecule has 1 aliphatic heterocycles. The van der Waals surface area contributed by atoms with Crippen LogP contribution in [-0.2, 0) is 22.1 Å². The molecular weight excluding hydrogens is 785 g/mol. The number of hydrogen-bond acceptors (Lipinski definition) is 6. The minimum Gasteiger partial charge on any atom is -0.466 e. The molecule has 0 aromatic rings. The van der Waals surface area contributed by atoms with Crippen LogP contribution >= 0.6 is 23.0 Å². The van der Waals surface area contributed by atoms with E-state index in [2.05, 4.69) is 25.7 Å². The van der Waals surface area contributed by atoms with Gasteiger partial charge in [-0.1, -0.05) is 168 Å². The number of unbranched alkanes of at least 4 members (excludes halogenated alkanes) is 22. The Labute approximate surface area is 350 Å². The second-order valence-electron chi connectivity index (χ2n) is 16.8. The molecule has 1 rings (SSSR count). The largest absolute Gasteiger partial charge is 0.466 e. The van der Waals surface area contributed by atoms with Gasteiger partial charge in [0.05, 0.1) is 13.2 Å². The lowest BCUT2D eigenvalue weighted by atomic mass is 9.89. The van der Waals surface area contributed by atoms with Gasteiger partial charge in [0.1, 0.15) is 29.1 Å². The van der Waals surface area contributed by atoms with Crippen molar-refractivity contribution in [2.45, 2.75) is 270 Å². The minimum absolute atomic E-state index is 0.00717. The second kappa shape index (κ2) is 39.4. The number of hydrogen-bond donors (Lipinski definition) is 0. The summed E-state index contributed by atoms with van der Waals surface area (Å²) in [6, 6.07) is 1.30. The van der Waals surface area contributed by atoms with E-state index < -0.39 is 0 Å². The third-order valence-electron chi connectivity index (χ3n) is 11.8. The van der Waals surface area contributed by atoms with Crippen molar-refractivity contribution in [2.24, 2.45) is 0 Å². The molecule has 2 unspecified atom stereocenters. The van der Waals surface area contributed by atoms with Crippen molar-refractivity contribution in [1.82, 2.24) is 4.90 Å². The molecule has 0 aromatic carbocycles. The molecule has 0 saturated carbocycles. The van der Waals surface area contributed by atoms with Gasteiger partial charge in [-0.3, -0.25) is 14.5 Å². The number of carbonyl (C=O) groups is 2. The van der Waals surface area contributed by atoms with Crippen molar-refractivity contribution in [3.63, 3.8) is 0 Å². The van der Waals surface area contributed by atoms with Gasteiger partial charge in [0.2, 0.25) is 0 Å². The van der Waals surface area contributed by atoms with Crippen LogP contribution in [-0.4, -0.2) is 54.8 Å². The molecule has 0 aromatic heterocycles. The van der Waals surface area contributed by atoms with E-state index >= 15 is 0 Å². The van der Waals surface area contributed by atoms with Crippen LogP contribution in [0.5, 0.6) is 0 Å². The highest BCUT2D eigenvalue weighted by Crippen LogP contribution is 2.30. The molecule has 1 saturated heterocycles. The highest BCUT2D eigenvalue weighted by molar-refractivity contribution is 14.1. The van der Waals surface area contributed by atoms with Gasteiger partial charge in [0.25, 0.3) is 0 Å². The van der Waals surface area contributed by atoms with Crippen LogP contribution in [0.4, 0.5) is 0 Å². The molecule has 320 valence electrons. The maximum Gasteiger partial charge on any atom is 0.306 e. The van der Waals surface area contributed by atoms with Crippen molar-refractivity contribution >= 4 is 34.9 Å². The fraction of sp³-hybridized carbons (Fsp3) is 0.957. The number of ether oxygens (including phenoxy) is 2. The zero-order valence-corrected chi connectivity index (χ0v) is 38.3. The summed E-state index contributed by atoms with van der Waals surface area (Å²) in [5, 5.41) is 0. The van der Waals surface area contributed by atoms with Crippen LogP contribution in [0.15, 0.2) is 0 Å². The summed E-state index contributed by atoms with van der Waals surface area (Å²) in [5.74, 6) is 0.0306. The van der Waals surface area contributed by atoms with Crippen molar-refractivity contribution in [1.29, 1.82) is 0 Å². The normalized spacial score (nSPS) is 16.3.